The minimum absolute atomic E-state index is 0.418. The van der Waals surface area contributed by atoms with Gasteiger partial charge in [-0.15, -0.1) is 16.4 Å². The molecule has 0 spiro atoms. The second-order valence-electron chi connectivity index (χ2n) is 6.93. The van der Waals surface area contributed by atoms with E-state index in [0.717, 1.165) is 39.4 Å². The van der Waals surface area contributed by atoms with E-state index in [-0.39, 0.29) is 0 Å². The Morgan fingerprint density at radius 3 is 2.83 bits per heavy atom. The van der Waals surface area contributed by atoms with Crippen LogP contribution in [0.3, 0.4) is 0 Å². The largest absolute Gasteiger partial charge is 0.282 e. The lowest BCUT2D eigenvalue weighted by Crippen LogP contribution is -2.19. The van der Waals surface area contributed by atoms with Crippen molar-refractivity contribution in [3.8, 4) is 22.2 Å². The third-order valence-corrected chi connectivity index (χ3v) is 5.96. The molecule has 1 saturated carbocycles. The van der Waals surface area contributed by atoms with Crippen molar-refractivity contribution in [3.63, 3.8) is 0 Å². The van der Waals surface area contributed by atoms with Crippen LogP contribution in [0.4, 0.5) is 0 Å². The average molecular weight is 341 g/mol. The fraction of sp³-hybridized carbons (Fsp3) is 0.500. The van der Waals surface area contributed by atoms with Gasteiger partial charge < -0.3 is 0 Å². The van der Waals surface area contributed by atoms with Gasteiger partial charge in [0.25, 0.3) is 0 Å². The van der Waals surface area contributed by atoms with Gasteiger partial charge in [0.15, 0.2) is 11.6 Å². The molecule has 3 aromatic rings. The zero-order valence-corrected chi connectivity index (χ0v) is 15.2. The van der Waals surface area contributed by atoms with E-state index in [1.165, 1.54) is 25.7 Å². The van der Waals surface area contributed by atoms with Crippen LogP contribution >= 0.6 is 11.3 Å². The number of aromatic amines is 1. The summed E-state index contributed by atoms with van der Waals surface area (Å²) in [7, 11) is 0. The molecule has 1 N–H and O–H groups in total. The van der Waals surface area contributed by atoms with Gasteiger partial charge in [0, 0.05) is 11.3 Å². The first kappa shape index (κ1) is 15.6. The highest BCUT2D eigenvalue weighted by Gasteiger charge is 2.27. The molecule has 3 heterocycles. The zero-order valence-electron chi connectivity index (χ0n) is 14.4. The van der Waals surface area contributed by atoms with Gasteiger partial charge in [-0.25, -0.2) is 9.67 Å². The molecule has 3 aromatic heterocycles. The molecule has 0 radical (unpaired) electrons. The Bertz CT molecular complexity index is 830. The Morgan fingerprint density at radius 2 is 2.17 bits per heavy atom. The molecule has 1 aliphatic rings. The fourth-order valence-corrected chi connectivity index (χ4v) is 4.23. The maximum Gasteiger partial charge on any atom is 0.191 e. The predicted molar refractivity (Wildman–Crippen MR) is 97.1 cm³/mol. The molecule has 4 rings (SSSR count). The van der Waals surface area contributed by atoms with Crippen molar-refractivity contribution in [2.45, 2.75) is 52.5 Å². The van der Waals surface area contributed by atoms with Gasteiger partial charge in [0.05, 0.1) is 10.9 Å². The molecule has 0 saturated heterocycles. The second-order valence-corrected chi connectivity index (χ2v) is 7.88. The molecule has 0 aromatic carbocycles. The highest BCUT2D eigenvalue weighted by atomic mass is 32.1. The van der Waals surface area contributed by atoms with Crippen molar-refractivity contribution >= 4 is 11.3 Å². The van der Waals surface area contributed by atoms with Gasteiger partial charge in [-0.05, 0) is 44.1 Å². The van der Waals surface area contributed by atoms with Crippen LogP contribution in [0.5, 0.6) is 0 Å². The minimum atomic E-state index is 0.418. The molecule has 0 amide bonds. The van der Waals surface area contributed by atoms with Crippen molar-refractivity contribution < 1.29 is 0 Å². The Morgan fingerprint density at radius 1 is 1.29 bits per heavy atom. The topological polar surface area (TPSA) is 59.4 Å². The van der Waals surface area contributed by atoms with E-state index < -0.39 is 0 Å². The molecular formula is C18H23N5S. The van der Waals surface area contributed by atoms with Crippen molar-refractivity contribution in [1.29, 1.82) is 0 Å². The number of rotatable bonds is 3. The molecular weight excluding hydrogens is 318 g/mol. The van der Waals surface area contributed by atoms with Crippen molar-refractivity contribution in [1.82, 2.24) is 25.0 Å². The third-order valence-electron chi connectivity index (χ3n) is 5.09. The summed E-state index contributed by atoms with van der Waals surface area (Å²) in [5.41, 5.74) is 3.18. The van der Waals surface area contributed by atoms with Crippen LogP contribution in [0.15, 0.2) is 17.5 Å². The molecule has 0 bridgehead atoms. The molecule has 2 atom stereocenters. The van der Waals surface area contributed by atoms with Crippen LogP contribution in [0.1, 0.15) is 49.9 Å². The number of nitrogens with zero attached hydrogens (tertiary/aromatic N) is 4. The second kappa shape index (κ2) is 6.16. The summed E-state index contributed by atoms with van der Waals surface area (Å²) >= 11 is 1.68. The van der Waals surface area contributed by atoms with E-state index in [4.69, 9.17) is 10.1 Å². The van der Waals surface area contributed by atoms with Crippen LogP contribution in [0.25, 0.3) is 22.2 Å². The van der Waals surface area contributed by atoms with E-state index in [1.807, 2.05) is 6.07 Å². The third kappa shape index (κ3) is 2.69. The average Bonchev–Trinajstić information content (AvgIpc) is 3.29. The fourth-order valence-electron chi connectivity index (χ4n) is 3.58. The van der Waals surface area contributed by atoms with E-state index >= 15 is 0 Å². The first-order valence-electron chi connectivity index (χ1n) is 8.66. The van der Waals surface area contributed by atoms with E-state index in [0.29, 0.717) is 6.04 Å². The number of aryl methyl sites for hydroxylation is 1. The standard InChI is InChI=1S/C18H23N5S/c1-11-6-4-7-14(10-11)23-18(16-12(2)13(3)20-21-16)19-17(22-23)15-8-5-9-24-15/h5,8-9,11,14H,4,6-7,10H2,1-3H3,(H,20,21). The molecule has 6 heteroatoms. The minimum Gasteiger partial charge on any atom is -0.282 e. The quantitative estimate of drug-likeness (QED) is 0.747. The number of hydrogen-bond acceptors (Lipinski definition) is 4. The summed E-state index contributed by atoms with van der Waals surface area (Å²) in [5, 5.41) is 14.6. The van der Waals surface area contributed by atoms with Crippen LogP contribution in [-0.4, -0.2) is 25.0 Å². The SMILES string of the molecule is Cc1[nH]nc(-c2nc(-c3cccs3)nn2C2CCCC(C)C2)c1C. The Kier molecular flexibility index (Phi) is 4.00. The lowest BCUT2D eigenvalue weighted by Gasteiger charge is -2.27. The summed E-state index contributed by atoms with van der Waals surface area (Å²) in [6.45, 7) is 6.49. The van der Waals surface area contributed by atoms with Gasteiger partial charge >= 0.3 is 0 Å². The molecule has 1 fully saturated rings. The number of hydrogen-bond donors (Lipinski definition) is 1. The van der Waals surface area contributed by atoms with Crippen molar-refractivity contribution in [2.75, 3.05) is 0 Å². The number of aromatic nitrogens is 5. The summed E-state index contributed by atoms with van der Waals surface area (Å²) in [5.74, 6) is 2.46. The van der Waals surface area contributed by atoms with Gasteiger partial charge in [-0.2, -0.15) is 5.10 Å². The van der Waals surface area contributed by atoms with Gasteiger partial charge in [0.2, 0.25) is 0 Å². The summed E-state index contributed by atoms with van der Waals surface area (Å²) < 4.78 is 2.15. The number of H-pyrrole nitrogens is 1. The van der Waals surface area contributed by atoms with Gasteiger partial charge in [-0.3, -0.25) is 5.10 Å². The highest BCUT2D eigenvalue weighted by molar-refractivity contribution is 7.13. The normalized spacial score (nSPS) is 21.3. The molecule has 2 unspecified atom stereocenters. The summed E-state index contributed by atoms with van der Waals surface area (Å²) in [6, 6.07) is 4.55. The van der Waals surface area contributed by atoms with Gasteiger partial charge in [0.1, 0.15) is 5.69 Å². The lowest BCUT2D eigenvalue weighted by atomic mass is 9.87. The molecule has 1 aliphatic carbocycles. The number of nitrogens with one attached hydrogen (secondary N) is 1. The van der Waals surface area contributed by atoms with Crippen LogP contribution in [0.2, 0.25) is 0 Å². The first-order valence-corrected chi connectivity index (χ1v) is 9.54. The first-order chi connectivity index (χ1) is 11.6. The Balaban J connectivity index is 1.82. The highest BCUT2D eigenvalue weighted by Crippen LogP contribution is 2.36. The molecule has 5 nitrogen and oxygen atoms in total. The van der Waals surface area contributed by atoms with E-state index in [9.17, 15) is 0 Å². The van der Waals surface area contributed by atoms with Crippen LogP contribution < -0.4 is 0 Å². The van der Waals surface area contributed by atoms with Crippen LogP contribution in [0, 0.1) is 19.8 Å². The Hall–Kier alpha value is -1.95. The van der Waals surface area contributed by atoms with Crippen LogP contribution in [-0.2, 0) is 0 Å². The summed E-state index contributed by atoms with van der Waals surface area (Å²) in [6.07, 6.45) is 4.92. The maximum atomic E-state index is 4.90. The molecule has 24 heavy (non-hydrogen) atoms. The predicted octanol–water partition coefficient (Wildman–Crippen LogP) is 4.76. The zero-order chi connectivity index (χ0) is 16.7. The van der Waals surface area contributed by atoms with E-state index in [1.54, 1.807) is 11.3 Å². The maximum absolute atomic E-state index is 4.90. The Labute approximate surface area is 146 Å². The lowest BCUT2D eigenvalue weighted by molar-refractivity contribution is 0.268. The van der Waals surface area contributed by atoms with Gasteiger partial charge in [-0.1, -0.05) is 25.8 Å². The summed E-state index contributed by atoms with van der Waals surface area (Å²) in [4.78, 5) is 5.99. The van der Waals surface area contributed by atoms with E-state index in [2.05, 4.69) is 47.1 Å². The molecule has 0 aliphatic heterocycles. The smallest absolute Gasteiger partial charge is 0.191 e. The molecule has 126 valence electrons. The van der Waals surface area contributed by atoms with Crippen molar-refractivity contribution in [2.24, 2.45) is 5.92 Å². The monoisotopic (exact) mass is 341 g/mol. The number of thiophene rings is 1. The van der Waals surface area contributed by atoms with Crippen molar-refractivity contribution in [3.05, 3.63) is 28.8 Å².